The van der Waals surface area contributed by atoms with Crippen LogP contribution in [0.4, 0.5) is 0 Å². The van der Waals surface area contributed by atoms with Crippen molar-refractivity contribution < 1.29 is 4.74 Å². The Bertz CT molecular complexity index is 481. The third-order valence-electron chi connectivity index (χ3n) is 2.84. The zero-order valence-electron chi connectivity index (χ0n) is 9.14. The fourth-order valence-electron chi connectivity index (χ4n) is 1.93. The van der Waals surface area contributed by atoms with Crippen molar-refractivity contribution in [3.05, 3.63) is 27.9 Å². The number of hydrogen-bond acceptors (Lipinski definition) is 4. The van der Waals surface area contributed by atoms with E-state index in [1.165, 1.54) is 4.57 Å². The van der Waals surface area contributed by atoms with E-state index in [0.717, 1.165) is 12.8 Å². The molecule has 5 nitrogen and oxygen atoms in total. The van der Waals surface area contributed by atoms with Crippen molar-refractivity contribution in [3.63, 3.8) is 0 Å². The molecule has 5 heteroatoms. The summed E-state index contributed by atoms with van der Waals surface area (Å²) in [6.07, 6.45) is 3.21. The lowest BCUT2D eigenvalue weighted by Gasteiger charge is -2.22. The second kappa shape index (κ2) is 4.45. The molecule has 0 aliphatic carbocycles. The summed E-state index contributed by atoms with van der Waals surface area (Å²) in [5.74, 6) is 0.178. The number of aryl methyl sites for hydroxylation is 1. The monoisotopic (exact) mass is 219 g/mol. The lowest BCUT2D eigenvalue weighted by molar-refractivity contribution is 0.0843. The van der Waals surface area contributed by atoms with Gasteiger partial charge in [0.25, 0.3) is 0 Å². The summed E-state index contributed by atoms with van der Waals surface area (Å²) < 4.78 is 6.59. The molecule has 16 heavy (non-hydrogen) atoms. The highest BCUT2D eigenvalue weighted by atomic mass is 16.5. The van der Waals surface area contributed by atoms with Crippen LogP contribution in [-0.4, -0.2) is 22.8 Å². The molecule has 1 aliphatic heterocycles. The van der Waals surface area contributed by atoms with Crippen LogP contribution in [0.25, 0.3) is 0 Å². The van der Waals surface area contributed by atoms with Crippen molar-refractivity contribution in [2.75, 3.05) is 13.2 Å². The van der Waals surface area contributed by atoms with Gasteiger partial charge in [0.15, 0.2) is 0 Å². The molecule has 0 spiro atoms. The summed E-state index contributed by atoms with van der Waals surface area (Å²) >= 11 is 0. The quantitative estimate of drug-likeness (QED) is 0.691. The first-order chi connectivity index (χ1) is 7.72. The topological polar surface area (TPSA) is 67.9 Å². The summed E-state index contributed by atoms with van der Waals surface area (Å²) in [6.45, 7) is 1.35. The van der Waals surface area contributed by atoms with Crippen LogP contribution in [0, 0.1) is 11.3 Å². The molecule has 0 radical (unpaired) electrons. The number of hydrogen-bond donors (Lipinski definition) is 0. The van der Waals surface area contributed by atoms with E-state index >= 15 is 0 Å². The standard InChI is InChI=1S/C11H13N3O2/c1-14-7-9(6-12)10(13-11(14)15)8-2-4-16-5-3-8/h7-8H,2-5H2,1H3. The van der Waals surface area contributed by atoms with Crippen molar-refractivity contribution in [1.29, 1.82) is 5.26 Å². The highest BCUT2D eigenvalue weighted by Crippen LogP contribution is 2.26. The van der Waals surface area contributed by atoms with Crippen molar-refractivity contribution in [1.82, 2.24) is 9.55 Å². The zero-order valence-corrected chi connectivity index (χ0v) is 9.14. The largest absolute Gasteiger partial charge is 0.381 e. The van der Waals surface area contributed by atoms with Crippen LogP contribution in [0.1, 0.15) is 30.0 Å². The molecule has 1 fully saturated rings. The van der Waals surface area contributed by atoms with Gasteiger partial charge in [0, 0.05) is 32.4 Å². The van der Waals surface area contributed by atoms with E-state index in [4.69, 9.17) is 10.00 Å². The van der Waals surface area contributed by atoms with Crippen LogP contribution < -0.4 is 5.69 Å². The Labute approximate surface area is 93.3 Å². The van der Waals surface area contributed by atoms with Gasteiger partial charge in [-0.25, -0.2) is 4.79 Å². The van der Waals surface area contributed by atoms with Gasteiger partial charge >= 0.3 is 5.69 Å². The van der Waals surface area contributed by atoms with Gasteiger partial charge in [-0.05, 0) is 12.8 Å². The first kappa shape index (κ1) is 10.8. The highest BCUT2D eigenvalue weighted by Gasteiger charge is 2.21. The molecule has 84 valence electrons. The number of nitrogens with zero attached hydrogens (tertiary/aromatic N) is 3. The molecule has 0 bridgehead atoms. The second-order valence-electron chi connectivity index (χ2n) is 3.93. The van der Waals surface area contributed by atoms with Gasteiger partial charge in [0.2, 0.25) is 0 Å². The van der Waals surface area contributed by atoms with Gasteiger partial charge in [0.1, 0.15) is 6.07 Å². The molecule has 1 saturated heterocycles. The zero-order chi connectivity index (χ0) is 11.5. The molecule has 0 atom stereocenters. The van der Waals surface area contributed by atoms with E-state index in [2.05, 4.69) is 11.1 Å². The third-order valence-corrected chi connectivity index (χ3v) is 2.84. The van der Waals surface area contributed by atoms with E-state index in [1.807, 2.05) is 0 Å². The number of aromatic nitrogens is 2. The van der Waals surface area contributed by atoms with Crippen molar-refractivity contribution in [2.45, 2.75) is 18.8 Å². The first-order valence-corrected chi connectivity index (χ1v) is 5.28. The Hall–Kier alpha value is -1.67. The Balaban J connectivity index is 2.42. The Kier molecular flexibility index (Phi) is 3.02. The number of ether oxygens (including phenoxy) is 1. The van der Waals surface area contributed by atoms with E-state index in [1.54, 1.807) is 13.2 Å². The normalized spacial score (nSPS) is 17.0. The third kappa shape index (κ3) is 1.97. The van der Waals surface area contributed by atoms with Crippen LogP contribution in [0.15, 0.2) is 11.0 Å². The van der Waals surface area contributed by atoms with Gasteiger partial charge in [-0.2, -0.15) is 10.2 Å². The summed E-state index contributed by atoms with van der Waals surface area (Å²) in [6, 6.07) is 2.10. The summed E-state index contributed by atoms with van der Waals surface area (Å²) in [5, 5.41) is 9.03. The molecule has 1 aromatic rings. The van der Waals surface area contributed by atoms with Crippen LogP contribution in [0.5, 0.6) is 0 Å². The van der Waals surface area contributed by atoms with E-state index < -0.39 is 0 Å². The maximum atomic E-state index is 11.5. The molecule has 0 amide bonds. The van der Waals surface area contributed by atoms with Gasteiger partial charge in [-0.1, -0.05) is 0 Å². The molecule has 0 aromatic carbocycles. The predicted octanol–water partition coefficient (Wildman–Crippen LogP) is 0.546. The lowest BCUT2D eigenvalue weighted by Crippen LogP contribution is -2.25. The molecule has 0 N–H and O–H groups in total. The lowest BCUT2D eigenvalue weighted by atomic mass is 9.94. The predicted molar refractivity (Wildman–Crippen MR) is 57.0 cm³/mol. The minimum absolute atomic E-state index is 0.178. The highest BCUT2D eigenvalue weighted by molar-refractivity contribution is 5.33. The minimum Gasteiger partial charge on any atom is -0.381 e. The summed E-state index contributed by atoms with van der Waals surface area (Å²) in [4.78, 5) is 15.5. The minimum atomic E-state index is -0.305. The summed E-state index contributed by atoms with van der Waals surface area (Å²) in [5.41, 5.74) is 0.823. The molecule has 1 aliphatic rings. The number of nitriles is 1. The van der Waals surface area contributed by atoms with Crippen LogP contribution in [0.3, 0.4) is 0 Å². The average Bonchev–Trinajstić information content (AvgIpc) is 2.33. The maximum absolute atomic E-state index is 11.5. The molecule has 1 aromatic heterocycles. The Morgan fingerprint density at radius 2 is 2.25 bits per heavy atom. The van der Waals surface area contributed by atoms with Crippen LogP contribution in [0.2, 0.25) is 0 Å². The fourth-order valence-corrected chi connectivity index (χ4v) is 1.93. The number of rotatable bonds is 1. The summed E-state index contributed by atoms with van der Waals surface area (Å²) in [7, 11) is 1.60. The molecule has 0 saturated carbocycles. The average molecular weight is 219 g/mol. The van der Waals surface area contributed by atoms with E-state index in [9.17, 15) is 4.79 Å². The maximum Gasteiger partial charge on any atom is 0.347 e. The second-order valence-corrected chi connectivity index (χ2v) is 3.93. The smallest absolute Gasteiger partial charge is 0.347 e. The van der Waals surface area contributed by atoms with E-state index in [0.29, 0.717) is 24.5 Å². The van der Waals surface area contributed by atoms with Gasteiger partial charge in [0.05, 0.1) is 11.3 Å². The van der Waals surface area contributed by atoms with Gasteiger partial charge in [-0.15, -0.1) is 0 Å². The van der Waals surface area contributed by atoms with E-state index in [-0.39, 0.29) is 11.6 Å². The molecule has 2 heterocycles. The molecular formula is C11H13N3O2. The molecule has 2 rings (SSSR count). The first-order valence-electron chi connectivity index (χ1n) is 5.28. The van der Waals surface area contributed by atoms with Gasteiger partial charge < -0.3 is 9.30 Å². The van der Waals surface area contributed by atoms with Crippen molar-refractivity contribution in [2.24, 2.45) is 7.05 Å². The van der Waals surface area contributed by atoms with Gasteiger partial charge in [-0.3, -0.25) is 0 Å². The van der Waals surface area contributed by atoms with Crippen molar-refractivity contribution in [3.8, 4) is 6.07 Å². The SMILES string of the molecule is Cn1cc(C#N)c(C2CCOCC2)nc1=O. The van der Waals surface area contributed by atoms with Crippen molar-refractivity contribution >= 4 is 0 Å². The Morgan fingerprint density at radius 3 is 2.88 bits per heavy atom. The van der Waals surface area contributed by atoms with Crippen LogP contribution >= 0.6 is 0 Å². The van der Waals surface area contributed by atoms with Crippen LogP contribution in [-0.2, 0) is 11.8 Å². The molecule has 0 unspecified atom stereocenters. The Morgan fingerprint density at radius 1 is 1.56 bits per heavy atom. The fraction of sp³-hybridized carbons (Fsp3) is 0.545. The molecular weight excluding hydrogens is 206 g/mol.